The molecule has 0 spiro atoms. The number of hydrogen-bond donors (Lipinski definition) is 1. The maximum absolute atomic E-state index is 12.3. The molecule has 2 rings (SSSR count). The van der Waals surface area contributed by atoms with Crippen LogP contribution in [-0.2, 0) is 23.0 Å². The molecule has 1 saturated heterocycles. The number of carbonyl (C=O) groups excluding carboxylic acids is 1. The molecular weight excluding hydrogens is 258 g/mol. The molecule has 0 saturated carbocycles. The van der Waals surface area contributed by atoms with Gasteiger partial charge in [0, 0.05) is 32.8 Å². The Bertz CT molecular complexity index is 470. The van der Waals surface area contributed by atoms with Crippen molar-refractivity contribution < 1.29 is 14.6 Å². The average molecular weight is 281 g/mol. The van der Waals surface area contributed by atoms with Crippen LogP contribution in [0.5, 0.6) is 0 Å². The Morgan fingerprint density at radius 1 is 1.60 bits per heavy atom. The van der Waals surface area contributed by atoms with Crippen LogP contribution in [0.15, 0.2) is 12.4 Å². The van der Waals surface area contributed by atoms with Crippen molar-refractivity contribution in [2.24, 2.45) is 7.05 Å². The SMILES string of the molecule is Cn1cc(CCC(=O)N2CC(CO)OC(C)(C)C2)cn1. The van der Waals surface area contributed by atoms with Crippen molar-refractivity contribution in [3.63, 3.8) is 0 Å². The fourth-order valence-electron chi connectivity index (χ4n) is 2.59. The molecule has 1 aromatic rings. The summed E-state index contributed by atoms with van der Waals surface area (Å²) >= 11 is 0. The van der Waals surface area contributed by atoms with Crippen molar-refractivity contribution in [1.82, 2.24) is 14.7 Å². The maximum atomic E-state index is 12.3. The number of rotatable bonds is 4. The van der Waals surface area contributed by atoms with Gasteiger partial charge in [0.2, 0.25) is 5.91 Å². The summed E-state index contributed by atoms with van der Waals surface area (Å²) in [7, 11) is 1.86. The van der Waals surface area contributed by atoms with E-state index in [2.05, 4.69) is 5.10 Å². The molecule has 20 heavy (non-hydrogen) atoms. The summed E-state index contributed by atoms with van der Waals surface area (Å²) in [5.74, 6) is 0.101. The van der Waals surface area contributed by atoms with Gasteiger partial charge in [0.15, 0.2) is 0 Å². The van der Waals surface area contributed by atoms with Gasteiger partial charge in [-0.15, -0.1) is 0 Å². The van der Waals surface area contributed by atoms with Crippen LogP contribution in [0.2, 0.25) is 0 Å². The molecule has 0 radical (unpaired) electrons. The highest BCUT2D eigenvalue weighted by atomic mass is 16.5. The van der Waals surface area contributed by atoms with Gasteiger partial charge in [0.05, 0.1) is 24.5 Å². The molecule has 0 aromatic carbocycles. The summed E-state index contributed by atoms with van der Waals surface area (Å²) in [6, 6.07) is 0. The molecule has 1 aromatic heterocycles. The van der Waals surface area contributed by atoms with Gasteiger partial charge in [0.25, 0.3) is 0 Å². The van der Waals surface area contributed by atoms with Crippen molar-refractivity contribution >= 4 is 5.91 Å². The molecule has 6 heteroatoms. The number of hydrogen-bond acceptors (Lipinski definition) is 4. The first-order chi connectivity index (χ1) is 9.39. The second kappa shape index (κ2) is 5.93. The van der Waals surface area contributed by atoms with Gasteiger partial charge in [-0.3, -0.25) is 9.48 Å². The third-order valence-electron chi connectivity index (χ3n) is 3.42. The largest absolute Gasteiger partial charge is 0.394 e. The van der Waals surface area contributed by atoms with E-state index in [1.165, 1.54) is 0 Å². The van der Waals surface area contributed by atoms with E-state index in [1.807, 2.05) is 27.1 Å². The van der Waals surface area contributed by atoms with Crippen LogP contribution < -0.4 is 0 Å². The zero-order chi connectivity index (χ0) is 14.8. The van der Waals surface area contributed by atoms with E-state index in [4.69, 9.17) is 4.74 Å². The number of morpholine rings is 1. The van der Waals surface area contributed by atoms with Crippen molar-refractivity contribution in [1.29, 1.82) is 0 Å². The van der Waals surface area contributed by atoms with E-state index < -0.39 is 5.60 Å². The molecule has 1 atom stereocenters. The summed E-state index contributed by atoms with van der Waals surface area (Å²) < 4.78 is 7.45. The molecule has 1 amide bonds. The molecule has 0 aliphatic carbocycles. The fourth-order valence-corrected chi connectivity index (χ4v) is 2.59. The molecule has 1 unspecified atom stereocenters. The highest BCUT2D eigenvalue weighted by Crippen LogP contribution is 2.21. The molecule has 1 fully saturated rings. The van der Waals surface area contributed by atoms with Gasteiger partial charge >= 0.3 is 0 Å². The minimum atomic E-state index is -0.407. The lowest BCUT2D eigenvalue weighted by atomic mass is 10.0. The van der Waals surface area contributed by atoms with Crippen LogP contribution in [-0.4, -0.2) is 57.1 Å². The van der Waals surface area contributed by atoms with Gasteiger partial charge < -0.3 is 14.7 Å². The predicted octanol–water partition coefficient (Wildman–Crippen LogP) is 0.351. The number of carbonyl (C=O) groups is 1. The van der Waals surface area contributed by atoms with Crippen LogP contribution in [0.4, 0.5) is 0 Å². The predicted molar refractivity (Wildman–Crippen MR) is 74.1 cm³/mol. The third-order valence-corrected chi connectivity index (χ3v) is 3.42. The monoisotopic (exact) mass is 281 g/mol. The molecule has 1 aliphatic heterocycles. The summed E-state index contributed by atoms with van der Waals surface area (Å²) in [4.78, 5) is 14.1. The highest BCUT2D eigenvalue weighted by Gasteiger charge is 2.34. The number of ether oxygens (including phenoxy) is 1. The Morgan fingerprint density at radius 3 is 2.95 bits per heavy atom. The Labute approximate surface area is 119 Å². The Balaban J connectivity index is 1.91. The topological polar surface area (TPSA) is 67.6 Å². The molecule has 6 nitrogen and oxygen atoms in total. The smallest absolute Gasteiger partial charge is 0.223 e. The Morgan fingerprint density at radius 2 is 2.35 bits per heavy atom. The lowest BCUT2D eigenvalue weighted by molar-refractivity contribution is -0.166. The highest BCUT2D eigenvalue weighted by molar-refractivity contribution is 5.76. The Hall–Kier alpha value is -1.40. The molecule has 1 N–H and O–H groups in total. The van der Waals surface area contributed by atoms with Crippen LogP contribution in [0.1, 0.15) is 25.8 Å². The number of amides is 1. The quantitative estimate of drug-likeness (QED) is 0.865. The summed E-state index contributed by atoms with van der Waals surface area (Å²) in [5.41, 5.74) is 0.655. The van der Waals surface area contributed by atoms with Crippen LogP contribution in [0.3, 0.4) is 0 Å². The van der Waals surface area contributed by atoms with E-state index in [0.29, 0.717) is 25.9 Å². The maximum Gasteiger partial charge on any atom is 0.223 e. The molecule has 2 heterocycles. The number of nitrogens with zero attached hydrogens (tertiary/aromatic N) is 3. The minimum absolute atomic E-state index is 0.0597. The third kappa shape index (κ3) is 3.80. The van der Waals surface area contributed by atoms with Gasteiger partial charge in [-0.2, -0.15) is 5.10 Å². The van der Waals surface area contributed by atoms with Crippen LogP contribution in [0.25, 0.3) is 0 Å². The lowest BCUT2D eigenvalue weighted by Crippen LogP contribution is -2.55. The van der Waals surface area contributed by atoms with Gasteiger partial charge in [-0.25, -0.2) is 0 Å². The van der Waals surface area contributed by atoms with Crippen molar-refractivity contribution in [3.05, 3.63) is 18.0 Å². The zero-order valence-corrected chi connectivity index (χ0v) is 12.4. The van der Waals surface area contributed by atoms with Crippen molar-refractivity contribution in [3.8, 4) is 0 Å². The van der Waals surface area contributed by atoms with Crippen molar-refractivity contribution in [2.45, 2.75) is 38.4 Å². The summed E-state index contributed by atoms with van der Waals surface area (Å²) in [6.07, 6.45) is 4.56. The van der Waals surface area contributed by atoms with E-state index in [9.17, 15) is 9.90 Å². The summed E-state index contributed by atoms with van der Waals surface area (Å²) in [6.45, 7) is 4.85. The van der Waals surface area contributed by atoms with E-state index in [0.717, 1.165) is 5.56 Å². The average Bonchev–Trinajstić information content (AvgIpc) is 2.79. The second-order valence-electron chi connectivity index (χ2n) is 5.98. The number of aryl methyl sites for hydroxylation is 2. The normalized spacial score (nSPS) is 22.0. The van der Waals surface area contributed by atoms with Gasteiger partial charge in [0.1, 0.15) is 0 Å². The molecule has 1 aliphatic rings. The van der Waals surface area contributed by atoms with E-state index in [-0.39, 0.29) is 18.6 Å². The van der Waals surface area contributed by atoms with E-state index >= 15 is 0 Å². The molecule has 112 valence electrons. The minimum Gasteiger partial charge on any atom is -0.394 e. The van der Waals surface area contributed by atoms with Gasteiger partial charge in [-0.1, -0.05) is 0 Å². The zero-order valence-electron chi connectivity index (χ0n) is 12.4. The summed E-state index contributed by atoms with van der Waals surface area (Å²) in [5, 5.41) is 13.4. The number of aromatic nitrogens is 2. The fraction of sp³-hybridized carbons (Fsp3) is 0.714. The lowest BCUT2D eigenvalue weighted by Gasteiger charge is -2.42. The standard InChI is InChI=1S/C14H23N3O3/c1-14(2)10-17(8-12(9-18)20-14)13(19)5-4-11-6-15-16(3)7-11/h6-7,12,18H,4-5,8-10H2,1-3H3. The number of aliphatic hydroxyl groups excluding tert-OH is 1. The van der Waals surface area contributed by atoms with Crippen molar-refractivity contribution in [2.75, 3.05) is 19.7 Å². The number of aliphatic hydroxyl groups is 1. The van der Waals surface area contributed by atoms with E-state index in [1.54, 1.807) is 15.8 Å². The first-order valence-electron chi connectivity index (χ1n) is 6.93. The van der Waals surface area contributed by atoms with Gasteiger partial charge in [-0.05, 0) is 25.8 Å². The van der Waals surface area contributed by atoms with Crippen LogP contribution >= 0.6 is 0 Å². The first-order valence-corrected chi connectivity index (χ1v) is 6.93. The Kier molecular flexibility index (Phi) is 4.45. The first kappa shape index (κ1) is 15.0. The van der Waals surface area contributed by atoms with Crippen LogP contribution in [0, 0.1) is 0 Å². The molecule has 0 bridgehead atoms. The molecular formula is C14H23N3O3. The second-order valence-corrected chi connectivity index (χ2v) is 5.98.